The lowest BCUT2D eigenvalue weighted by atomic mass is 9.88. The van der Waals surface area contributed by atoms with Crippen LogP contribution in [0.25, 0.3) is 10.9 Å². The Morgan fingerprint density at radius 1 is 1.20 bits per heavy atom. The molecule has 0 spiro atoms. The van der Waals surface area contributed by atoms with Crippen molar-refractivity contribution in [1.82, 2.24) is 15.2 Å². The molecule has 2 unspecified atom stereocenters. The van der Waals surface area contributed by atoms with Gasteiger partial charge in [-0.25, -0.2) is 0 Å². The highest BCUT2D eigenvalue weighted by molar-refractivity contribution is 5.78. The molecule has 0 amide bonds. The normalized spacial score (nSPS) is 26.8. The van der Waals surface area contributed by atoms with Gasteiger partial charge in [0.25, 0.3) is 0 Å². The molecule has 0 aliphatic carbocycles. The van der Waals surface area contributed by atoms with E-state index in [1.165, 1.54) is 43.5 Å². The summed E-state index contributed by atoms with van der Waals surface area (Å²) in [5.41, 5.74) is 2.43. The first-order chi connectivity index (χ1) is 9.88. The van der Waals surface area contributed by atoms with Gasteiger partial charge in [0.2, 0.25) is 0 Å². The maximum absolute atomic E-state index is 4.57. The summed E-state index contributed by atoms with van der Waals surface area (Å²) in [5.74, 6) is 1.78. The number of hydrogen-bond donors (Lipinski definition) is 1. The Morgan fingerprint density at radius 2 is 2.10 bits per heavy atom. The molecule has 2 aliphatic rings. The fraction of sp³-hybridized carbons (Fsp3) is 0.471. The molecule has 3 heteroatoms. The van der Waals surface area contributed by atoms with E-state index < -0.39 is 0 Å². The van der Waals surface area contributed by atoms with Gasteiger partial charge in [0, 0.05) is 24.7 Å². The van der Waals surface area contributed by atoms with Crippen LogP contribution in [0, 0.1) is 11.8 Å². The monoisotopic (exact) mass is 267 g/mol. The van der Waals surface area contributed by atoms with E-state index >= 15 is 0 Å². The Morgan fingerprint density at radius 3 is 3.10 bits per heavy atom. The summed E-state index contributed by atoms with van der Waals surface area (Å²) in [6, 6.07) is 10.7. The van der Waals surface area contributed by atoms with Crippen LogP contribution in [0.15, 0.2) is 36.5 Å². The zero-order valence-electron chi connectivity index (χ0n) is 11.8. The van der Waals surface area contributed by atoms with Gasteiger partial charge in [-0.05, 0) is 55.6 Å². The molecule has 20 heavy (non-hydrogen) atoms. The van der Waals surface area contributed by atoms with Gasteiger partial charge in [-0.3, -0.25) is 9.88 Å². The summed E-state index contributed by atoms with van der Waals surface area (Å²) in [6.45, 7) is 5.95. The van der Waals surface area contributed by atoms with Gasteiger partial charge < -0.3 is 5.32 Å². The Kier molecular flexibility index (Phi) is 3.17. The van der Waals surface area contributed by atoms with Crippen molar-refractivity contribution in [2.75, 3.05) is 26.2 Å². The lowest BCUT2D eigenvalue weighted by Crippen LogP contribution is -2.39. The zero-order chi connectivity index (χ0) is 13.4. The maximum atomic E-state index is 4.57. The largest absolute Gasteiger partial charge is 0.316 e. The number of fused-ring (bicyclic) bond motifs is 2. The van der Waals surface area contributed by atoms with E-state index in [4.69, 9.17) is 0 Å². The van der Waals surface area contributed by atoms with Crippen LogP contribution in [-0.4, -0.2) is 36.1 Å². The lowest BCUT2D eigenvalue weighted by Gasteiger charge is -2.34. The number of rotatable bonds is 2. The molecule has 1 aromatic heterocycles. The molecule has 2 saturated heterocycles. The van der Waals surface area contributed by atoms with Crippen molar-refractivity contribution in [2.45, 2.75) is 13.0 Å². The third-order valence-corrected chi connectivity index (χ3v) is 4.84. The molecule has 2 fully saturated rings. The fourth-order valence-corrected chi connectivity index (χ4v) is 3.72. The van der Waals surface area contributed by atoms with Crippen molar-refractivity contribution in [3.05, 3.63) is 42.1 Å². The second kappa shape index (κ2) is 5.15. The number of pyridine rings is 1. The number of piperidine rings is 1. The molecule has 2 aliphatic heterocycles. The number of para-hydroxylation sites is 1. The summed E-state index contributed by atoms with van der Waals surface area (Å²) < 4.78 is 0. The van der Waals surface area contributed by atoms with Crippen molar-refractivity contribution < 1.29 is 0 Å². The molecule has 2 aromatic rings. The SMILES string of the molecule is c1ccc2ncc(CN3CCC4CNCC4C3)cc2c1. The number of nitrogens with one attached hydrogen (secondary N) is 1. The Balaban J connectivity index is 1.49. The molecule has 4 rings (SSSR count). The maximum Gasteiger partial charge on any atom is 0.0702 e. The van der Waals surface area contributed by atoms with E-state index in [2.05, 4.69) is 39.5 Å². The van der Waals surface area contributed by atoms with Crippen molar-refractivity contribution in [3.63, 3.8) is 0 Å². The highest BCUT2D eigenvalue weighted by atomic mass is 15.1. The molecule has 3 heterocycles. The second-order valence-electron chi connectivity index (χ2n) is 6.24. The van der Waals surface area contributed by atoms with Crippen LogP contribution in [0.2, 0.25) is 0 Å². The van der Waals surface area contributed by atoms with Crippen molar-refractivity contribution >= 4 is 10.9 Å². The predicted octanol–water partition coefficient (Wildman–Crippen LogP) is 2.28. The topological polar surface area (TPSA) is 28.2 Å². The molecule has 0 saturated carbocycles. The first-order valence-corrected chi connectivity index (χ1v) is 7.65. The predicted molar refractivity (Wildman–Crippen MR) is 81.5 cm³/mol. The third-order valence-electron chi connectivity index (χ3n) is 4.84. The second-order valence-corrected chi connectivity index (χ2v) is 6.24. The number of benzene rings is 1. The average Bonchev–Trinajstić information content (AvgIpc) is 2.95. The van der Waals surface area contributed by atoms with Crippen molar-refractivity contribution in [2.24, 2.45) is 11.8 Å². The van der Waals surface area contributed by atoms with Crippen LogP contribution in [0.4, 0.5) is 0 Å². The zero-order valence-corrected chi connectivity index (χ0v) is 11.8. The summed E-state index contributed by atoms with van der Waals surface area (Å²) >= 11 is 0. The summed E-state index contributed by atoms with van der Waals surface area (Å²) in [4.78, 5) is 7.17. The first-order valence-electron chi connectivity index (χ1n) is 7.65. The summed E-state index contributed by atoms with van der Waals surface area (Å²) in [5, 5.41) is 4.79. The number of likely N-dealkylation sites (tertiary alicyclic amines) is 1. The minimum Gasteiger partial charge on any atom is -0.316 e. The molecule has 1 N–H and O–H groups in total. The van der Waals surface area contributed by atoms with Crippen LogP contribution in [-0.2, 0) is 6.54 Å². The molecular weight excluding hydrogens is 246 g/mol. The van der Waals surface area contributed by atoms with Crippen molar-refractivity contribution in [1.29, 1.82) is 0 Å². The van der Waals surface area contributed by atoms with Gasteiger partial charge in [0.05, 0.1) is 5.52 Å². The van der Waals surface area contributed by atoms with Gasteiger partial charge in [-0.2, -0.15) is 0 Å². The van der Waals surface area contributed by atoms with Crippen LogP contribution in [0.1, 0.15) is 12.0 Å². The van der Waals surface area contributed by atoms with Gasteiger partial charge in [0.1, 0.15) is 0 Å². The molecule has 3 nitrogen and oxygen atoms in total. The summed E-state index contributed by atoms with van der Waals surface area (Å²) in [7, 11) is 0. The van der Waals surface area contributed by atoms with E-state index in [1.807, 2.05) is 12.3 Å². The van der Waals surface area contributed by atoms with Gasteiger partial charge in [0.15, 0.2) is 0 Å². The molecule has 2 atom stereocenters. The Hall–Kier alpha value is -1.45. The number of hydrogen-bond acceptors (Lipinski definition) is 3. The highest BCUT2D eigenvalue weighted by Crippen LogP contribution is 2.27. The molecular formula is C17H21N3. The van der Waals surface area contributed by atoms with Crippen LogP contribution in [0.3, 0.4) is 0 Å². The van der Waals surface area contributed by atoms with Crippen LogP contribution >= 0.6 is 0 Å². The quantitative estimate of drug-likeness (QED) is 0.905. The van der Waals surface area contributed by atoms with Gasteiger partial charge >= 0.3 is 0 Å². The minimum atomic E-state index is 0.858. The average molecular weight is 267 g/mol. The molecule has 1 aromatic carbocycles. The van der Waals surface area contributed by atoms with Gasteiger partial charge in [-0.15, -0.1) is 0 Å². The van der Waals surface area contributed by atoms with Crippen molar-refractivity contribution in [3.8, 4) is 0 Å². The van der Waals surface area contributed by atoms with E-state index in [0.717, 1.165) is 23.9 Å². The number of nitrogens with zero attached hydrogens (tertiary/aromatic N) is 2. The van der Waals surface area contributed by atoms with Crippen LogP contribution < -0.4 is 5.32 Å². The lowest BCUT2D eigenvalue weighted by molar-refractivity contribution is 0.142. The van der Waals surface area contributed by atoms with E-state index in [0.29, 0.717) is 0 Å². The van der Waals surface area contributed by atoms with E-state index in [9.17, 15) is 0 Å². The minimum absolute atomic E-state index is 0.858. The third kappa shape index (κ3) is 2.32. The van der Waals surface area contributed by atoms with Gasteiger partial charge in [-0.1, -0.05) is 18.2 Å². The number of aromatic nitrogens is 1. The fourth-order valence-electron chi connectivity index (χ4n) is 3.72. The van der Waals surface area contributed by atoms with Crippen LogP contribution in [0.5, 0.6) is 0 Å². The van der Waals surface area contributed by atoms with E-state index in [1.54, 1.807) is 0 Å². The molecule has 104 valence electrons. The first kappa shape index (κ1) is 12.3. The smallest absolute Gasteiger partial charge is 0.0702 e. The molecule has 0 bridgehead atoms. The van der Waals surface area contributed by atoms with E-state index in [-0.39, 0.29) is 0 Å². The Bertz CT molecular complexity index is 610. The Labute approximate surface area is 120 Å². The molecule has 0 radical (unpaired) electrons. The highest BCUT2D eigenvalue weighted by Gasteiger charge is 2.32. The standard InChI is InChI=1S/C17H21N3/c1-2-4-17-14(3-1)7-13(8-19-17)11-20-6-5-15-9-18-10-16(15)12-20/h1-4,7-8,15-16,18H,5-6,9-12H2. The summed E-state index contributed by atoms with van der Waals surface area (Å²) in [6.07, 6.45) is 3.39.